The van der Waals surface area contributed by atoms with E-state index in [-0.39, 0.29) is 0 Å². The van der Waals surface area contributed by atoms with Crippen LogP contribution in [0.3, 0.4) is 0 Å². The molecule has 0 spiro atoms. The minimum atomic E-state index is 1.00. The van der Waals surface area contributed by atoms with Crippen molar-refractivity contribution in [3.63, 3.8) is 0 Å². The van der Waals surface area contributed by atoms with Crippen molar-refractivity contribution in [2.45, 2.75) is 0 Å². The van der Waals surface area contributed by atoms with Crippen LogP contribution >= 0.6 is 0 Å². The van der Waals surface area contributed by atoms with E-state index < -0.39 is 0 Å². The van der Waals surface area contributed by atoms with Crippen molar-refractivity contribution >= 4 is 241 Å². The molecule has 0 aliphatic rings. The van der Waals surface area contributed by atoms with E-state index in [4.69, 9.17) is 19.9 Å². The van der Waals surface area contributed by atoms with Crippen molar-refractivity contribution < 1.29 is 0 Å². The quantitative estimate of drug-likeness (QED) is 0.164. The Hall–Kier alpha value is -18.5. The topological polar surface area (TPSA) is 88.9 Å². The van der Waals surface area contributed by atoms with Crippen molar-refractivity contribution in [3.8, 4) is 22.7 Å². The summed E-state index contributed by atoms with van der Waals surface area (Å²) in [5.41, 5.74) is 31.8. The minimum Gasteiger partial charge on any atom is -0.309 e. The highest BCUT2D eigenvalue weighted by atomic mass is 15.1. The first-order valence-corrected chi connectivity index (χ1v) is 46.4. The second-order valence-corrected chi connectivity index (χ2v) is 35.5. The third kappa shape index (κ3) is 11.0. The first-order chi connectivity index (χ1) is 67.6. The van der Waals surface area contributed by atoms with Crippen molar-refractivity contribution in [2.24, 2.45) is 0 Å². The molecule has 32 aromatic rings. The average Bonchev–Trinajstić information content (AvgIpc) is 1.55. The number of rotatable bonds is 4. The van der Waals surface area contributed by atoms with Gasteiger partial charge in [-0.05, 0) is 173 Å². The van der Waals surface area contributed by atoms with Gasteiger partial charge in [0.25, 0.3) is 0 Å². The van der Waals surface area contributed by atoms with Crippen molar-refractivity contribution in [1.82, 2.24) is 55.8 Å². The predicted molar refractivity (Wildman–Crippen MR) is 568 cm³/mol. The molecule has 20 aromatic carbocycles. The van der Waals surface area contributed by atoms with E-state index in [9.17, 15) is 0 Å². The molecule has 632 valence electrons. The number of nitrogens with zero attached hydrogens (tertiary/aromatic N) is 12. The summed E-state index contributed by atoms with van der Waals surface area (Å²) in [7, 11) is 0. The Morgan fingerprint density at radius 2 is 0.375 bits per heavy atom. The van der Waals surface area contributed by atoms with E-state index in [1.54, 1.807) is 0 Å². The molecule has 0 saturated carbocycles. The molecule has 12 aromatic heterocycles. The van der Waals surface area contributed by atoms with Gasteiger partial charge in [-0.3, -0.25) is 17.6 Å². The number of imidazole rings is 4. The fraction of sp³-hybridized carbons (Fsp3) is 0. The lowest BCUT2D eigenvalue weighted by atomic mass is 10.0. The van der Waals surface area contributed by atoms with Crippen molar-refractivity contribution in [1.29, 1.82) is 0 Å². The molecular formula is C124H76N12. The maximum Gasteiger partial charge on any atom is 0.146 e. The standard InChI is InChI=1S/4C31H19N3/c1-2-10-20(11-3-1)33-27-16-8-6-13-22(27)25-19-30-24(18-29(25)33)21-12-4-5-14-23(21)31-32-26-15-7-9-17-28(26)34(30)31;1-2-10-20(11-3-1)33-27-16-8-6-13-22(27)25-18-24-21-12-4-5-14-23(21)31-32-26-15-7-9-17-28(26)34(31)30(24)19-29(25)33;1-2-10-20(11-3-1)33-27-16-8-6-13-22(27)24-19-18-23-21-12-4-5-14-25(21)31-32-26-15-7-9-17-28(26)34(31)30(23)29(24)33;1-2-10-20(11-3-1)33-26-16-8-6-14-24(26)29-28(33)19-18-22-21-12-4-5-13-23(21)31-32-25-15-7-9-17-27(25)34(31)30(22)29/h4*1-19H. The molecule has 0 fully saturated rings. The summed E-state index contributed by atoms with van der Waals surface area (Å²) in [6.07, 6.45) is 0. The maximum atomic E-state index is 5.11. The van der Waals surface area contributed by atoms with Crippen LogP contribution in [0.5, 0.6) is 0 Å². The zero-order chi connectivity index (χ0) is 88.9. The lowest BCUT2D eigenvalue weighted by Crippen LogP contribution is -1.98. The summed E-state index contributed by atoms with van der Waals surface area (Å²) in [4.78, 5) is 20.3. The van der Waals surface area contributed by atoms with Gasteiger partial charge in [0, 0.05) is 109 Å². The van der Waals surface area contributed by atoms with Gasteiger partial charge >= 0.3 is 0 Å². The molecule has 136 heavy (non-hydrogen) atoms. The van der Waals surface area contributed by atoms with Gasteiger partial charge in [-0.2, -0.15) is 0 Å². The van der Waals surface area contributed by atoms with Crippen LogP contribution in [0.25, 0.3) is 263 Å². The second kappa shape index (κ2) is 29.5. The van der Waals surface area contributed by atoms with E-state index in [0.717, 1.165) is 72.4 Å². The number of benzene rings is 20. The van der Waals surface area contributed by atoms with E-state index in [1.165, 1.54) is 191 Å². The van der Waals surface area contributed by atoms with Gasteiger partial charge in [0.1, 0.15) is 22.6 Å². The van der Waals surface area contributed by atoms with E-state index >= 15 is 0 Å². The van der Waals surface area contributed by atoms with Crippen LogP contribution in [0.1, 0.15) is 0 Å². The molecule has 0 unspecified atom stereocenters. The third-order valence-corrected chi connectivity index (χ3v) is 28.3. The highest BCUT2D eigenvalue weighted by Gasteiger charge is 2.27. The Bertz CT molecular complexity index is 10500. The minimum absolute atomic E-state index is 1.00. The fourth-order valence-corrected chi connectivity index (χ4v) is 22.6. The number of aromatic nitrogens is 12. The summed E-state index contributed by atoms with van der Waals surface area (Å²) in [6, 6.07) is 164. The Kier molecular flexibility index (Phi) is 16.3. The molecule has 12 heterocycles. The first-order valence-electron chi connectivity index (χ1n) is 46.4. The van der Waals surface area contributed by atoms with Crippen LogP contribution in [0.2, 0.25) is 0 Å². The number of hydrogen-bond acceptors (Lipinski definition) is 4. The average molecular weight is 1730 g/mol. The Morgan fingerprint density at radius 3 is 0.809 bits per heavy atom. The van der Waals surface area contributed by atoms with Crippen LogP contribution in [0.4, 0.5) is 0 Å². The molecule has 0 aliphatic carbocycles. The molecular weight excluding hydrogens is 1660 g/mol. The van der Waals surface area contributed by atoms with Crippen LogP contribution in [0, 0.1) is 0 Å². The summed E-state index contributed by atoms with van der Waals surface area (Å²) in [5.74, 6) is 0. The molecule has 0 radical (unpaired) electrons. The summed E-state index contributed by atoms with van der Waals surface area (Å²) in [6.45, 7) is 0. The lowest BCUT2D eigenvalue weighted by Gasteiger charge is -2.13. The smallest absolute Gasteiger partial charge is 0.146 e. The Morgan fingerprint density at radius 1 is 0.125 bits per heavy atom. The zero-order valence-electron chi connectivity index (χ0n) is 73.2. The number of pyridine rings is 4. The molecule has 0 saturated heterocycles. The SMILES string of the molecule is c1ccc(-n2c3ccccc3c3c2ccc2c4ccccc4c4nc5ccccc5n4c23)cc1.c1ccc(-n2c3ccccc3c3cc4c(cc32)c2ccccc2c2nc3ccccc3n42)cc1.c1ccc(-n2c3ccccc3c3cc4c5ccccc5c5nc6ccccc6n5c4cc32)cc1.c1ccc(-n2c3ccccc3c3ccc4c5ccccc5c5nc6ccccc6n5c4c32)cc1. The Balaban J connectivity index is 0.0000000879. The zero-order valence-corrected chi connectivity index (χ0v) is 73.2. The summed E-state index contributed by atoms with van der Waals surface area (Å²) < 4.78 is 19.0. The molecule has 0 aliphatic heterocycles. The molecule has 12 nitrogen and oxygen atoms in total. The van der Waals surface area contributed by atoms with Crippen LogP contribution in [-0.4, -0.2) is 55.8 Å². The third-order valence-electron chi connectivity index (χ3n) is 28.3. The predicted octanol–water partition coefficient (Wildman–Crippen LogP) is 31.6. The summed E-state index contributed by atoms with van der Waals surface area (Å²) in [5, 5.41) is 24.7. The van der Waals surface area contributed by atoms with Gasteiger partial charge < -0.3 is 18.3 Å². The van der Waals surface area contributed by atoms with Gasteiger partial charge in [-0.15, -0.1) is 0 Å². The first kappa shape index (κ1) is 75.3. The number of hydrogen-bond donors (Lipinski definition) is 0. The maximum absolute atomic E-state index is 5.11. The van der Waals surface area contributed by atoms with Crippen LogP contribution in [0.15, 0.2) is 461 Å². The van der Waals surface area contributed by atoms with E-state index in [0.29, 0.717) is 0 Å². The molecule has 32 rings (SSSR count). The molecule has 12 heteroatoms. The van der Waals surface area contributed by atoms with Crippen molar-refractivity contribution in [2.75, 3.05) is 0 Å². The van der Waals surface area contributed by atoms with Gasteiger partial charge in [0.05, 0.1) is 110 Å². The van der Waals surface area contributed by atoms with Gasteiger partial charge in [0.15, 0.2) is 0 Å². The normalized spacial score (nSPS) is 12.1. The van der Waals surface area contributed by atoms with Crippen LogP contribution in [-0.2, 0) is 0 Å². The Labute approximate surface area is 775 Å². The second-order valence-electron chi connectivity index (χ2n) is 35.5. The summed E-state index contributed by atoms with van der Waals surface area (Å²) >= 11 is 0. The van der Waals surface area contributed by atoms with Gasteiger partial charge in [-0.1, -0.05) is 309 Å². The highest BCUT2D eigenvalue weighted by molar-refractivity contribution is 6.29. The molecule has 0 atom stereocenters. The number of para-hydroxylation sites is 16. The lowest BCUT2D eigenvalue weighted by molar-refractivity contribution is 1.18. The molecule has 0 amide bonds. The number of fused-ring (bicyclic) bond motifs is 46. The monoisotopic (exact) mass is 1730 g/mol. The van der Waals surface area contributed by atoms with E-state index in [1.807, 2.05) is 0 Å². The van der Waals surface area contributed by atoms with Crippen molar-refractivity contribution in [3.05, 3.63) is 461 Å². The highest BCUT2D eigenvalue weighted by Crippen LogP contribution is 2.47. The van der Waals surface area contributed by atoms with Gasteiger partial charge in [0.2, 0.25) is 0 Å². The molecule has 0 N–H and O–H groups in total. The largest absolute Gasteiger partial charge is 0.309 e. The van der Waals surface area contributed by atoms with Gasteiger partial charge in [-0.25, -0.2) is 19.9 Å². The van der Waals surface area contributed by atoms with Crippen LogP contribution < -0.4 is 0 Å². The fourth-order valence-electron chi connectivity index (χ4n) is 22.6. The molecule has 0 bridgehead atoms. The van der Waals surface area contributed by atoms with E-state index in [2.05, 4.69) is 497 Å².